The first-order chi connectivity index (χ1) is 7.03. The van der Waals surface area contributed by atoms with Crippen molar-refractivity contribution in [2.24, 2.45) is 0 Å². The number of thiophene rings is 1. The van der Waals surface area contributed by atoms with Crippen LogP contribution in [0.25, 0.3) is 0 Å². The molecule has 0 fully saturated rings. The first-order valence-corrected chi connectivity index (χ1v) is 6.60. The van der Waals surface area contributed by atoms with Gasteiger partial charge in [-0.2, -0.15) is 0 Å². The van der Waals surface area contributed by atoms with Crippen LogP contribution in [0.4, 0.5) is 0 Å². The van der Waals surface area contributed by atoms with Gasteiger partial charge in [0.2, 0.25) is 0 Å². The van der Waals surface area contributed by atoms with Gasteiger partial charge in [-0.05, 0) is 17.2 Å². The van der Waals surface area contributed by atoms with Crippen molar-refractivity contribution in [3.8, 4) is 5.75 Å². The number of methoxy groups -OCH3 is 1. The van der Waals surface area contributed by atoms with Gasteiger partial charge in [-0.1, -0.05) is 45.2 Å². The molecule has 1 heterocycles. The third-order valence-corrected chi connectivity index (χ3v) is 3.98. The molecule has 1 rings (SSSR count). The molecule has 86 valence electrons. The predicted molar refractivity (Wildman–Crippen MR) is 68.4 cm³/mol. The van der Waals surface area contributed by atoms with Crippen LogP contribution in [0.5, 0.6) is 5.75 Å². The third-order valence-electron chi connectivity index (χ3n) is 2.79. The second-order valence-electron chi connectivity index (χ2n) is 4.44. The summed E-state index contributed by atoms with van der Waals surface area (Å²) in [5, 5.41) is 2.12. The van der Waals surface area contributed by atoms with Crippen molar-refractivity contribution in [3.63, 3.8) is 0 Å². The Hall–Kier alpha value is -0.210. The fourth-order valence-corrected chi connectivity index (χ4v) is 2.99. The second-order valence-corrected chi connectivity index (χ2v) is 5.93. The Bertz CT molecular complexity index is 317. The Labute approximate surface area is 101 Å². The molecule has 0 aromatic carbocycles. The van der Waals surface area contributed by atoms with E-state index in [9.17, 15) is 0 Å². The van der Waals surface area contributed by atoms with Gasteiger partial charge in [0.15, 0.2) is 5.75 Å². The molecule has 0 spiro atoms. The highest BCUT2D eigenvalue weighted by Gasteiger charge is 2.26. The molecule has 0 amide bonds. The maximum Gasteiger partial charge on any atom is 0.152 e. The van der Waals surface area contributed by atoms with E-state index >= 15 is 0 Å². The average Bonchev–Trinajstić information content (AvgIpc) is 2.57. The fourth-order valence-electron chi connectivity index (χ4n) is 1.73. The van der Waals surface area contributed by atoms with Crippen molar-refractivity contribution in [2.75, 3.05) is 7.11 Å². The third kappa shape index (κ3) is 2.88. The van der Waals surface area contributed by atoms with Crippen LogP contribution in [0.1, 0.15) is 45.6 Å². The van der Waals surface area contributed by atoms with Crippen molar-refractivity contribution in [3.05, 3.63) is 15.3 Å². The Balaban J connectivity index is 2.93. The minimum absolute atomic E-state index is 0.158. The van der Waals surface area contributed by atoms with Crippen LogP contribution in [0.15, 0.2) is 5.38 Å². The molecule has 15 heavy (non-hydrogen) atoms. The minimum Gasteiger partial charge on any atom is -0.494 e. The number of rotatable bonds is 5. The van der Waals surface area contributed by atoms with E-state index in [2.05, 4.69) is 26.2 Å². The topological polar surface area (TPSA) is 9.23 Å². The largest absolute Gasteiger partial charge is 0.494 e. The van der Waals surface area contributed by atoms with Crippen LogP contribution in [-0.4, -0.2) is 7.11 Å². The Morgan fingerprint density at radius 1 is 1.47 bits per heavy atom. The van der Waals surface area contributed by atoms with Crippen molar-refractivity contribution >= 4 is 22.9 Å². The Morgan fingerprint density at radius 3 is 2.67 bits per heavy atom. The highest BCUT2D eigenvalue weighted by Crippen LogP contribution is 2.43. The summed E-state index contributed by atoms with van der Waals surface area (Å²) in [4.78, 5) is 0. The van der Waals surface area contributed by atoms with E-state index in [1.807, 2.05) is 0 Å². The zero-order chi connectivity index (χ0) is 11.5. The SMILES string of the molecule is CCCCC(C)(C)c1csc(Cl)c1OC. The van der Waals surface area contributed by atoms with E-state index in [1.165, 1.54) is 24.8 Å². The Morgan fingerprint density at radius 2 is 2.13 bits per heavy atom. The molecule has 0 aliphatic heterocycles. The molecule has 1 aromatic heterocycles. The molecule has 0 radical (unpaired) electrons. The normalized spacial score (nSPS) is 11.8. The summed E-state index contributed by atoms with van der Waals surface area (Å²) in [5.74, 6) is 0.864. The second kappa shape index (κ2) is 5.22. The zero-order valence-corrected chi connectivity index (χ0v) is 11.5. The number of hydrogen-bond donors (Lipinski definition) is 0. The first-order valence-electron chi connectivity index (χ1n) is 5.34. The predicted octanol–water partition coefficient (Wildman–Crippen LogP) is 4.88. The van der Waals surface area contributed by atoms with Gasteiger partial charge < -0.3 is 4.74 Å². The molecule has 0 saturated carbocycles. The molecule has 0 aliphatic rings. The lowest BCUT2D eigenvalue weighted by atomic mass is 9.81. The van der Waals surface area contributed by atoms with Crippen molar-refractivity contribution < 1.29 is 4.74 Å². The molecule has 1 nitrogen and oxygen atoms in total. The summed E-state index contributed by atoms with van der Waals surface area (Å²) in [6, 6.07) is 0. The van der Waals surface area contributed by atoms with Crippen LogP contribution >= 0.6 is 22.9 Å². The molecule has 0 aliphatic carbocycles. The minimum atomic E-state index is 0.158. The van der Waals surface area contributed by atoms with Crippen LogP contribution in [0, 0.1) is 0 Å². The number of ether oxygens (including phenoxy) is 1. The number of halogens is 1. The van der Waals surface area contributed by atoms with Gasteiger partial charge in [0, 0.05) is 5.56 Å². The monoisotopic (exact) mass is 246 g/mol. The van der Waals surface area contributed by atoms with E-state index in [0.717, 1.165) is 10.1 Å². The standard InChI is InChI=1S/C12H19ClOS/c1-5-6-7-12(2,3)9-8-15-11(13)10(9)14-4/h8H,5-7H2,1-4H3. The molecule has 0 N–H and O–H groups in total. The summed E-state index contributed by atoms with van der Waals surface area (Å²) in [6.07, 6.45) is 3.64. The van der Waals surface area contributed by atoms with Crippen molar-refractivity contribution in [2.45, 2.75) is 45.4 Å². The average molecular weight is 247 g/mol. The van der Waals surface area contributed by atoms with E-state index in [1.54, 1.807) is 18.4 Å². The molecular formula is C12H19ClOS. The maximum atomic E-state index is 6.08. The van der Waals surface area contributed by atoms with E-state index in [0.29, 0.717) is 0 Å². The van der Waals surface area contributed by atoms with Crippen LogP contribution < -0.4 is 4.74 Å². The fraction of sp³-hybridized carbons (Fsp3) is 0.667. The molecule has 0 bridgehead atoms. The van der Waals surface area contributed by atoms with Crippen LogP contribution in [0.3, 0.4) is 0 Å². The Kier molecular flexibility index (Phi) is 4.47. The van der Waals surface area contributed by atoms with E-state index in [4.69, 9.17) is 16.3 Å². The molecule has 0 atom stereocenters. The zero-order valence-electron chi connectivity index (χ0n) is 9.89. The molecule has 0 saturated heterocycles. The number of hydrogen-bond acceptors (Lipinski definition) is 2. The van der Waals surface area contributed by atoms with Crippen LogP contribution in [-0.2, 0) is 5.41 Å². The molecular weight excluding hydrogens is 228 g/mol. The van der Waals surface area contributed by atoms with Crippen LogP contribution in [0.2, 0.25) is 4.34 Å². The maximum absolute atomic E-state index is 6.08. The number of unbranched alkanes of at least 4 members (excludes halogenated alkanes) is 1. The highest BCUT2D eigenvalue weighted by molar-refractivity contribution is 7.15. The molecule has 0 unspecified atom stereocenters. The van der Waals surface area contributed by atoms with Crippen molar-refractivity contribution in [1.82, 2.24) is 0 Å². The van der Waals surface area contributed by atoms with Gasteiger partial charge in [0.1, 0.15) is 4.34 Å². The summed E-state index contributed by atoms with van der Waals surface area (Å²) in [5.41, 5.74) is 1.40. The lowest BCUT2D eigenvalue weighted by Gasteiger charge is -2.24. The first kappa shape index (κ1) is 12.9. The van der Waals surface area contributed by atoms with Gasteiger partial charge in [0.25, 0.3) is 0 Å². The molecule has 1 aromatic rings. The van der Waals surface area contributed by atoms with Gasteiger partial charge in [-0.15, -0.1) is 11.3 Å². The summed E-state index contributed by atoms with van der Waals surface area (Å²) in [6.45, 7) is 6.72. The van der Waals surface area contributed by atoms with Gasteiger partial charge in [-0.25, -0.2) is 0 Å². The van der Waals surface area contributed by atoms with E-state index < -0.39 is 0 Å². The molecule has 3 heteroatoms. The quantitative estimate of drug-likeness (QED) is 0.720. The lowest BCUT2D eigenvalue weighted by molar-refractivity contribution is 0.384. The van der Waals surface area contributed by atoms with E-state index in [-0.39, 0.29) is 5.41 Å². The summed E-state index contributed by atoms with van der Waals surface area (Å²) >= 11 is 7.64. The smallest absolute Gasteiger partial charge is 0.152 e. The highest BCUT2D eigenvalue weighted by atomic mass is 35.5. The summed E-state index contributed by atoms with van der Waals surface area (Å²) < 4.78 is 6.12. The van der Waals surface area contributed by atoms with Gasteiger partial charge in [0.05, 0.1) is 7.11 Å². The summed E-state index contributed by atoms with van der Waals surface area (Å²) in [7, 11) is 1.69. The van der Waals surface area contributed by atoms with Gasteiger partial charge in [-0.3, -0.25) is 0 Å². The van der Waals surface area contributed by atoms with Gasteiger partial charge >= 0.3 is 0 Å². The van der Waals surface area contributed by atoms with Crippen molar-refractivity contribution in [1.29, 1.82) is 0 Å². The lowest BCUT2D eigenvalue weighted by Crippen LogP contribution is -2.16.